The standard InChI is InChI=1S/C14H14N2O4/c15-14(20)9-2-1-5-16(7-9)8-13(19)11-4-3-10(17)6-12(11)18/h1-4,6-7,17-18H,5,8H2,(H2,15,20). The summed E-state index contributed by atoms with van der Waals surface area (Å²) in [5.74, 6) is -1.28. The zero-order valence-electron chi connectivity index (χ0n) is 10.6. The van der Waals surface area contributed by atoms with Crippen molar-refractivity contribution in [3.05, 3.63) is 47.7 Å². The lowest BCUT2D eigenvalue weighted by atomic mass is 10.1. The number of Topliss-reactive ketones (excluding diaryl/α,β-unsaturated/α-hetero) is 1. The molecule has 0 saturated heterocycles. The maximum absolute atomic E-state index is 12.1. The minimum absolute atomic E-state index is 0.000540. The summed E-state index contributed by atoms with van der Waals surface area (Å²) in [4.78, 5) is 24.8. The average Bonchev–Trinajstić information content (AvgIpc) is 2.38. The number of hydrogen-bond acceptors (Lipinski definition) is 5. The normalized spacial score (nSPS) is 14.0. The second-order valence-electron chi connectivity index (χ2n) is 4.41. The fourth-order valence-corrected chi connectivity index (χ4v) is 1.89. The molecular weight excluding hydrogens is 260 g/mol. The maximum Gasteiger partial charge on any atom is 0.250 e. The van der Waals surface area contributed by atoms with Crippen LogP contribution in [0.4, 0.5) is 0 Å². The predicted octanol–water partition coefficient (Wildman–Crippen LogP) is 0.521. The first kappa shape index (κ1) is 13.7. The Balaban J connectivity index is 2.12. The van der Waals surface area contributed by atoms with E-state index in [-0.39, 0.29) is 29.4 Å². The van der Waals surface area contributed by atoms with Crippen molar-refractivity contribution in [3.63, 3.8) is 0 Å². The first-order valence-corrected chi connectivity index (χ1v) is 5.95. The molecule has 0 spiro atoms. The topological polar surface area (TPSA) is 104 Å². The number of aromatic hydroxyl groups is 2. The number of amides is 1. The molecule has 0 aromatic heterocycles. The van der Waals surface area contributed by atoms with Gasteiger partial charge >= 0.3 is 0 Å². The quantitative estimate of drug-likeness (QED) is 0.694. The zero-order valence-corrected chi connectivity index (χ0v) is 10.6. The van der Waals surface area contributed by atoms with Crippen LogP contribution in [0.2, 0.25) is 0 Å². The molecule has 2 rings (SSSR count). The highest BCUT2D eigenvalue weighted by Gasteiger charge is 2.16. The second kappa shape index (κ2) is 5.48. The summed E-state index contributed by atoms with van der Waals surface area (Å²) in [5, 5.41) is 18.8. The van der Waals surface area contributed by atoms with Crippen LogP contribution in [0.3, 0.4) is 0 Å². The Hall–Kier alpha value is -2.76. The van der Waals surface area contributed by atoms with E-state index in [0.717, 1.165) is 6.07 Å². The van der Waals surface area contributed by atoms with Crippen LogP contribution in [-0.2, 0) is 4.79 Å². The van der Waals surface area contributed by atoms with Crippen molar-refractivity contribution in [1.82, 2.24) is 4.90 Å². The van der Waals surface area contributed by atoms with Gasteiger partial charge in [0.1, 0.15) is 11.5 Å². The summed E-state index contributed by atoms with van der Waals surface area (Å²) in [7, 11) is 0. The van der Waals surface area contributed by atoms with E-state index >= 15 is 0 Å². The van der Waals surface area contributed by atoms with E-state index in [1.807, 2.05) is 0 Å². The Labute approximate surface area is 115 Å². The monoisotopic (exact) mass is 274 g/mol. The van der Waals surface area contributed by atoms with E-state index in [4.69, 9.17) is 5.73 Å². The number of phenols is 2. The van der Waals surface area contributed by atoms with Crippen molar-refractivity contribution in [2.24, 2.45) is 5.73 Å². The molecule has 0 atom stereocenters. The highest BCUT2D eigenvalue weighted by atomic mass is 16.3. The Bertz CT molecular complexity index is 620. The van der Waals surface area contributed by atoms with E-state index in [1.54, 1.807) is 17.1 Å². The lowest BCUT2D eigenvalue weighted by Crippen LogP contribution is -2.29. The minimum Gasteiger partial charge on any atom is -0.508 e. The summed E-state index contributed by atoms with van der Waals surface area (Å²) >= 11 is 0. The molecule has 4 N–H and O–H groups in total. The maximum atomic E-state index is 12.1. The molecule has 20 heavy (non-hydrogen) atoms. The molecule has 1 amide bonds. The second-order valence-corrected chi connectivity index (χ2v) is 4.41. The molecule has 0 saturated carbocycles. The van der Waals surface area contributed by atoms with Gasteiger partial charge in [0.2, 0.25) is 5.91 Å². The van der Waals surface area contributed by atoms with Gasteiger partial charge in [0.05, 0.1) is 17.7 Å². The molecule has 0 unspecified atom stereocenters. The van der Waals surface area contributed by atoms with Gasteiger partial charge in [-0.3, -0.25) is 9.59 Å². The number of nitrogens with zero attached hydrogens (tertiary/aromatic N) is 1. The molecule has 1 aromatic rings. The summed E-state index contributed by atoms with van der Waals surface area (Å²) in [6.07, 6.45) is 4.84. The molecule has 6 heteroatoms. The lowest BCUT2D eigenvalue weighted by Gasteiger charge is -2.21. The number of carbonyl (C=O) groups excluding carboxylic acids is 2. The number of nitrogens with two attached hydrogens (primary N) is 1. The molecule has 104 valence electrons. The third-order valence-corrected chi connectivity index (χ3v) is 2.87. The van der Waals surface area contributed by atoms with Gasteiger partial charge in [-0.25, -0.2) is 0 Å². The van der Waals surface area contributed by atoms with Crippen molar-refractivity contribution >= 4 is 11.7 Å². The Morgan fingerprint density at radius 3 is 2.70 bits per heavy atom. The average molecular weight is 274 g/mol. The highest BCUT2D eigenvalue weighted by molar-refractivity contribution is 6.00. The van der Waals surface area contributed by atoms with Gasteiger partial charge in [0.15, 0.2) is 5.78 Å². The Kier molecular flexibility index (Phi) is 3.74. The summed E-state index contributed by atoms with van der Waals surface area (Å²) in [6.45, 7) is 0.473. The van der Waals surface area contributed by atoms with Crippen molar-refractivity contribution < 1.29 is 19.8 Å². The van der Waals surface area contributed by atoms with Gasteiger partial charge < -0.3 is 20.8 Å². The fourth-order valence-electron chi connectivity index (χ4n) is 1.89. The van der Waals surface area contributed by atoms with Gasteiger partial charge in [-0.15, -0.1) is 0 Å². The largest absolute Gasteiger partial charge is 0.508 e. The van der Waals surface area contributed by atoms with E-state index in [0.29, 0.717) is 12.1 Å². The third kappa shape index (κ3) is 2.97. The first-order valence-electron chi connectivity index (χ1n) is 5.95. The molecule has 0 fully saturated rings. The van der Waals surface area contributed by atoms with Gasteiger partial charge in [-0.2, -0.15) is 0 Å². The van der Waals surface area contributed by atoms with Crippen molar-refractivity contribution in [1.29, 1.82) is 0 Å². The summed E-state index contributed by atoms with van der Waals surface area (Å²) in [5.41, 5.74) is 5.61. The van der Waals surface area contributed by atoms with Crippen molar-refractivity contribution in [2.45, 2.75) is 0 Å². The molecular formula is C14H14N2O4. The SMILES string of the molecule is NC(=O)C1=CN(CC(=O)c2ccc(O)cc2O)CC=C1. The highest BCUT2D eigenvalue weighted by Crippen LogP contribution is 2.23. The van der Waals surface area contributed by atoms with E-state index in [2.05, 4.69) is 0 Å². The lowest BCUT2D eigenvalue weighted by molar-refractivity contribution is -0.114. The van der Waals surface area contributed by atoms with Crippen LogP contribution in [0, 0.1) is 0 Å². The van der Waals surface area contributed by atoms with Gasteiger partial charge in [-0.05, 0) is 12.1 Å². The van der Waals surface area contributed by atoms with Crippen molar-refractivity contribution in [3.8, 4) is 11.5 Å². The van der Waals surface area contributed by atoms with Gasteiger partial charge in [0, 0.05) is 18.8 Å². The van der Waals surface area contributed by atoms with Crippen molar-refractivity contribution in [2.75, 3.05) is 13.1 Å². The fraction of sp³-hybridized carbons (Fsp3) is 0.143. The predicted molar refractivity (Wildman–Crippen MR) is 72.1 cm³/mol. The van der Waals surface area contributed by atoms with Crippen LogP contribution in [0.1, 0.15) is 10.4 Å². The van der Waals surface area contributed by atoms with Crippen LogP contribution in [0.25, 0.3) is 0 Å². The minimum atomic E-state index is -0.564. The zero-order chi connectivity index (χ0) is 14.7. The van der Waals surface area contributed by atoms with Gasteiger partial charge in [-0.1, -0.05) is 12.2 Å². The Morgan fingerprint density at radius 2 is 2.05 bits per heavy atom. The number of hydrogen-bond donors (Lipinski definition) is 3. The number of rotatable bonds is 4. The van der Waals surface area contributed by atoms with Crippen LogP contribution < -0.4 is 5.73 Å². The van der Waals surface area contributed by atoms with Crippen LogP contribution in [0.5, 0.6) is 11.5 Å². The summed E-state index contributed by atoms with van der Waals surface area (Å²) in [6, 6.07) is 3.78. The molecule has 1 heterocycles. The molecule has 0 aliphatic carbocycles. The Morgan fingerprint density at radius 1 is 1.30 bits per heavy atom. The van der Waals surface area contributed by atoms with Crippen LogP contribution in [0.15, 0.2) is 42.1 Å². The number of carbonyl (C=O) groups is 2. The van der Waals surface area contributed by atoms with E-state index in [1.165, 1.54) is 18.3 Å². The molecule has 1 aliphatic rings. The number of primary amides is 1. The smallest absolute Gasteiger partial charge is 0.250 e. The number of benzene rings is 1. The molecule has 0 bridgehead atoms. The molecule has 6 nitrogen and oxygen atoms in total. The van der Waals surface area contributed by atoms with Gasteiger partial charge in [0.25, 0.3) is 0 Å². The number of ketones is 1. The first-order chi connectivity index (χ1) is 9.47. The molecule has 0 radical (unpaired) electrons. The number of phenolic OH excluding ortho intramolecular Hbond substituents is 2. The van der Waals surface area contributed by atoms with Crippen LogP contribution >= 0.6 is 0 Å². The van der Waals surface area contributed by atoms with E-state index < -0.39 is 5.91 Å². The van der Waals surface area contributed by atoms with E-state index in [9.17, 15) is 19.8 Å². The third-order valence-electron chi connectivity index (χ3n) is 2.87. The molecule has 1 aromatic carbocycles. The molecule has 1 aliphatic heterocycles. The summed E-state index contributed by atoms with van der Waals surface area (Å²) < 4.78 is 0. The van der Waals surface area contributed by atoms with Crippen LogP contribution in [-0.4, -0.2) is 39.9 Å².